The largest absolute Gasteiger partial charge is 0.393 e. The summed E-state index contributed by atoms with van der Waals surface area (Å²) in [5, 5.41) is 11.7. The Hall–Kier alpha value is -1.81. The van der Waals surface area contributed by atoms with Gasteiger partial charge in [-0.05, 0) is 50.8 Å². The molecule has 4 heteroatoms. The van der Waals surface area contributed by atoms with Gasteiger partial charge in [0.15, 0.2) is 0 Å². The molecule has 3 aliphatic heterocycles. The maximum absolute atomic E-state index is 12.9. The Morgan fingerprint density at radius 1 is 1.40 bits per heavy atom. The lowest BCUT2D eigenvalue weighted by molar-refractivity contribution is -0.162. The molecule has 4 nitrogen and oxygen atoms in total. The van der Waals surface area contributed by atoms with Crippen LogP contribution in [0.1, 0.15) is 43.5 Å². The molecule has 2 aromatic rings. The number of aliphatic hydroxyl groups is 1. The van der Waals surface area contributed by atoms with E-state index in [1.165, 1.54) is 27.7 Å². The second kappa shape index (κ2) is 4.88. The molecular formula is C21H26N2O2. The number of nitrogens with one attached hydrogen (secondary N) is 1. The lowest BCUT2D eigenvalue weighted by Crippen LogP contribution is -2.67. The van der Waals surface area contributed by atoms with Gasteiger partial charge in [0.05, 0.1) is 6.10 Å². The number of amides is 1. The van der Waals surface area contributed by atoms with E-state index in [0.717, 1.165) is 25.8 Å². The number of nitrogens with zero attached hydrogens (tertiary/aromatic N) is 1. The Bertz CT molecular complexity index is 883. The monoisotopic (exact) mass is 338 g/mol. The third-order valence-electron chi connectivity index (χ3n) is 7.11. The van der Waals surface area contributed by atoms with Crippen molar-refractivity contribution in [2.24, 2.45) is 11.8 Å². The van der Waals surface area contributed by atoms with Crippen molar-refractivity contribution < 1.29 is 9.90 Å². The molecule has 2 saturated heterocycles. The first-order valence-electron chi connectivity index (χ1n) is 9.50. The van der Waals surface area contributed by atoms with Gasteiger partial charge in [-0.3, -0.25) is 4.79 Å². The van der Waals surface area contributed by atoms with Crippen LogP contribution in [0.15, 0.2) is 18.2 Å². The number of piperidine rings is 2. The van der Waals surface area contributed by atoms with Crippen LogP contribution in [0.3, 0.4) is 0 Å². The quantitative estimate of drug-likeness (QED) is 0.840. The van der Waals surface area contributed by atoms with E-state index in [4.69, 9.17) is 0 Å². The van der Waals surface area contributed by atoms with Gasteiger partial charge in [0, 0.05) is 46.4 Å². The molecule has 6 rings (SSSR count). The molecule has 4 aliphatic rings. The van der Waals surface area contributed by atoms with Gasteiger partial charge in [-0.1, -0.05) is 18.6 Å². The molecule has 4 heterocycles. The lowest BCUT2D eigenvalue weighted by atomic mass is 9.56. The van der Waals surface area contributed by atoms with E-state index < -0.39 is 0 Å². The van der Waals surface area contributed by atoms with Gasteiger partial charge in [0.1, 0.15) is 0 Å². The number of aromatic nitrogens is 1. The molecule has 2 N–H and O–H groups in total. The predicted octanol–water partition coefficient (Wildman–Crippen LogP) is 2.91. The highest BCUT2D eigenvalue weighted by atomic mass is 16.3. The highest BCUT2D eigenvalue weighted by Gasteiger charge is 2.60. The SMILES string of the molecule is Cc1ccc2[nH]c3c(c2c1)CCN1C(=O)C2CC(C(C)O)C1[C@@]3(C)C2. The number of H-pyrrole nitrogens is 1. The molecule has 0 spiro atoms. The minimum atomic E-state index is -0.379. The first kappa shape index (κ1) is 15.4. The zero-order valence-corrected chi connectivity index (χ0v) is 15.2. The summed E-state index contributed by atoms with van der Waals surface area (Å²) in [5.41, 5.74) is 5.06. The standard InChI is InChI=1S/C21H26N2O2/c1-11-4-5-17-16(8-11)14-6-7-23-19-15(12(2)24)9-13(20(23)25)10-21(19,3)18(14)22-17/h4-5,8,12-13,15,19,22,24H,6-7,9-10H2,1-3H3/t12?,13?,15?,19?,21-/m0/s1. The lowest BCUT2D eigenvalue weighted by Gasteiger charge is -2.58. The van der Waals surface area contributed by atoms with E-state index in [-0.39, 0.29) is 29.4 Å². The van der Waals surface area contributed by atoms with Gasteiger partial charge in [-0.25, -0.2) is 0 Å². The van der Waals surface area contributed by atoms with E-state index in [9.17, 15) is 9.90 Å². The number of carbonyl (C=O) groups is 1. The van der Waals surface area contributed by atoms with Crippen LogP contribution < -0.4 is 0 Å². The zero-order valence-electron chi connectivity index (χ0n) is 15.2. The van der Waals surface area contributed by atoms with Gasteiger partial charge in [0.2, 0.25) is 5.91 Å². The summed E-state index contributed by atoms with van der Waals surface area (Å²) in [7, 11) is 0. The van der Waals surface area contributed by atoms with Crippen molar-refractivity contribution in [3.63, 3.8) is 0 Å². The molecule has 0 radical (unpaired) electrons. The summed E-state index contributed by atoms with van der Waals surface area (Å²) in [5.74, 6) is 0.527. The molecule has 4 bridgehead atoms. The van der Waals surface area contributed by atoms with Crippen LogP contribution in [0, 0.1) is 18.8 Å². The number of fused-ring (bicyclic) bond motifs is 4. The summed E-state index contributed by atoms with van der Waals surface area (Å²) >= 11 is 0. The maximum Gasteiger partial charge on any atom is 0.226 e. The molecule has 1 aliphatic carbocycles. The Morgan fingerprint density at radius 3 is 2.96 bits per heavy atom. The van der Waals surface area contributed by atoms with Crippen molar-refractivity contribution in [3.05, 3.63) is 35.0 Å². The Balaban J connectivity index is 1.75. The van der Waals surface area contributed by atoms with Crippen LogP contribution in [0.2, 0.25) is 0 Å². The van der Waals surface area contributed by atoms with Gasteiger partial charge in [-0.15, -0.1) is 0 Å². The highest BCUT2D eigenvalue weighted by molar-refractivity contribution is 5.88. The van der Waals surface area contributed by atoms with Gasteiger partial charge in [0.25, 0.3) is 0 Å². The Labute approximate surface area is 148 Å². The average Bonchev–Trinajstić information content (AvgIpc) is 2.88. The number of aromatic amines is 1. The number of hydrogen-bond acceptors (Lipinski definition) is 2. The number of hydrogen-bond donors (Lipinski definition) is 2. The molecular weight excluding hydrogens is 312 g/mol. The maximum atomic E-state index is 12.9. The van der Waals surface area contributed by atoms with Crippen LogP contribution in [0.4, 0.5) is 0 Å². The third-order valence-corrected chi connectivity index (χ3v) is 7.11. The van der Waals surface area contributed by atoms with E-state index in [2.05, 4.69) is 41.9 Å². The molecule has 1 amide bonds. The number of aliphatic hydroxyl groups excluding tert-OH is 1. The first-order chi connectivity index (χ1) is 11.9. The molecule has 1 aromatic heterocycles. The highest BCUT2D eigenvalue weighted by Crippen LogP contribution is 2.55. The number of carbonyl (C=O) groups excluding carboxylic acids is 1. The van der Waals surface area contributed by atoms with E-state index in [1.54, 1.807) is 0 Å². The fraction of sp³-hybridized carbons (Fsp3) is 0.571. The summed E-state index contributed by atoms with van der Waals surface area (Å²) in [4.78, 5) is 18.7. The number of aryl methyl sites for hydroxylation is 1. The molecule has 3 fully saturated rings. The van der Waals surface area contributed by atoms with Crippen molar-refractivity contribution >= 4 is 16.8 Å². The predicted molar refractivity (Wildman–Crippen MR) is 97.5 cm³/mol. The van der Waals surface area contributed by atoms with Crippen LogP contribution in [0.5, 0.6) is 0 Å². The van der Waals surface area contributed by atoms with Gasteiger partial charge < -0.3 is 15.0 Å². The molecule has 25 heavy (non-hydrogen) atoms. The Kier molecular flexibility index (Phi) is 3.01. The fourth-order valence-corrected chi connectivity index (χ4v) is 6.08. The summed E-state index contributed by atoms with van der Waals surface area (Å²) in [6, 6.07) is 6.70. The number of benzene rings is 1. The number of rotatable bonds is 1. The molecule has 1 saturated carbocycles. The van der Waals surface area contributed by atoms with Crippen molar-refractivity contribution in [1.29, 1.82) is 0 Å². The smallest absolute Gasteiger partial charge is 0.226 e. The van der Waals surface area contributed by atoms with Crippen LogP contribution >= 0.6 is 0 Å². The van der Waals surface area contributed by atoms with Crippen molar-refractivity contribution in [3.8, 4) is 0 Å². The fourth-order valence-electron chi connectivity index (χ4n) is 6.08. The third kappa shape index (κ3) is 1.89. The van der Waals surface area contributed by atoms with Crippen molar-refractivity contribution in [2.75, 3.05) is 6.54 Å². The van der Waals surface area contributed by atoms with Gasteiger partial charge >= 0.3 is 0 Å². The second-order valence-electron chi connectivity index (χ2n) is 8.71. The minimum absolute atomic E-state index is 0.0497. The minimum Gasteiger partial charge on any atom is -0.393 e. The van der Waals surface area contributed by atoms with Gasteiger partial charge in [-0.2, -0.15) is 0 Å². The summed E-state index contributed by atoms with van der Waals surface area (Å²) in [6.07, 6.45) is 2.25. The van der Waals surface area contributed by atoms with Crippen LogP contribution in [-0.4, -0.2) is 39.6 Å². The average molecular weight is 338 g/mol. The first-order valence-corrected chi connectivity index (χ1v) is 9.50. The van der Waals surface area contributed by atoms with Crippen LogP contribution in [-0.2, 0) is 16.6 Å². The topological polar surface area (TPSA) is 56.3 Å². The van der Waals surface area contributed by atoms with Crippen molar-refractivity contribution in [1.82, 2.24) is 9.88 Å². The molecule has 1 aromatic carbocycles. The van der Waals surface area contributed by atoms with E-state index in [0.29, 0.717) is 5.91 Å². The molecule has 4 unspecified atom stereocenters. The Morgan fingerprint density at radius 2 is 2.20 bits per heavy atom. The van der Waals surface area contributed by atoms with Crippen molar-refractivity contribution in [2.45, 2.75) is 57.6 Å². The second-order valence-corrected chi connectivity index (χ2v) is 8.71. The zero-order chi connectivity index (χ0) is 17.5. The summed E-state index contributed by atoms with van der Waals surface area (Å²) in [6.45, 7) is 7.10. The molecule has 132 valence electrons. The van der Waals surface area contributed by atoms with Crippen LogP contribution in [0.25, 0.3) is 10.9 Å². The van der Waals surface area contributed by atoms with E-state index >= 15 is 0 Å². The normalized spacial score (nSPS) is 35.0. The molecule has 5 atom stereocenters. The van der Waals surface area contributed by atoms with E-state index in [1.807, 2.05) is 6.92 Å². The summed E-state index contributed by atoms with van der Waals surface area (Å²) < 4.78 is 0.